The number of aromatic amines is 1. The van der Waals surface area contributed by atoms with Crippen molar-refractivity contribution in [1.82, 2.24) is 25.1 Å². The molecule has 2 aromatic rings. The van der Waals surface area contributed by atoms with Gasteiger partial charge in [0, 0.05) is 12.7 Å². The highest BCUT2D eigenvalue weighted by molar-refractivity contribution is 5.96. The highest BCUT2D eigenvalue weighted by Crippen LogP contribution is 2.23. The van der Waals surface area contributed by atoms with Gasteiger partial charge in [-0.1, -0.05) is 13.8 Å². The molecular weight excluding hydrogens is 322 g/mol. The summed E-state index contributed by atoms with van der Waals surface area (Å²) >= 11 is 0. The van der Waals surface area contributed by atoms with Gasteiger partial charge in [-0.05, 0) is 25.0 Å². The Morgan fingerprint density at radius 2 is 2.36 bits per heavy atom. The Labute approximate surface area is 146 Å². The second kappa shape index (κ2) is 7.60. The van der Waals surface area contributed by atoms with Gasteiger partial charge in [-0.3, -0.25) is 9.89 Å². The molecule has 1 saturated heterocycles. The molecular formula is C17H23N5O3. The number of pyridine rings is 1. The summed E-state index contributed by atoms with van der Waals surface area (Å²) in [5, 5.41) is 6.94. The maximum atomic E-state index is 12.9. The number of rotatable bonds is 5. The Kier molecular flexibility index (Phi) is 5.28. The van der Waals surface area contributed by atoms with E-state index in [-0.39, 0.29) is 12.0 Å². The number of hydrogen-bond donors (Lipinski definition) is 1. The summed E-state index contributed by atoms with van der Waals surface area (Å²) in [6.45, 7) is 7.79. The number of morpholine rings is 1. The minimum atomic E-state index is -0.334. The monoisotopic (exact) mass is 345 g/mol. The third-order valence-corrected chi connectivity index (χ3v) is 3.81. The average Bonchev–Trinajstić information content (AvgIpc) is 3.06. The molecule has 1 N–H and O–H groups in total. The van der Waals surface area contributed by atoms with Crippen LogP contribution in [-0.4, -0.2) is 57.3 Å². The molecule has 2 aromatic heterocycles. The molecule has 0 aromatic carbocycles. The molecule has 8 nitrogen and oxygen atoms in total. The standard InChI is InChI=1S/C17H23N5O3/c1-11(2)10-25-16-13(5-4-6-18-16)17(23)22-7-8-24-14(9-22)15-19-12(3)20-21-15/h4-6,11,14H,7-10H2,1-3H3,(H,19,20,21). The number of nitrogens with zero attached hydrogens (tertiary/aromatic N) is 4. The van der Waals surface area contributed by atoms with Crippen LogP contribution < -0.4 is 4.74 Å². The Morgan fingerprint density at radius 3 is 3.08 bits per heavy atom. The van der Waals surface area contributed by atoms with E-state index in [1.165, 1.54) is 0 Å². The maximum Gasteiger partial charge on any atom is 0.259 e. The molecule has 134 valence electrons. The SMILES string of the molecule is Cc1nc(C2CN(C(=O)c3cccnc3OCC(C)C)CCO2)n[nH]1. The Morgan fingerprint density at radius 1 is 1.52 bits per heavy atom. The van der Waals surface area contributed by atoms with Crippen molar-refractivity contribution in [1.29, 1.82) is 0 Å². The molecule has 1 atom stereocenters. The topological polar surface area (TPSA) is 93.2 Å². The highest BCUT2D eigenvalue weighted by atomic mass is 16.5. The van der Waals surface area contributed by atoms with E-state index in [0.717, 1.165) is 5.82 Å². The minimum Gasteiger partial charge on any atom is -0.477 e. The molecule has 25 heavy (non-hydrogen) atoms. The summed E-state index contributed by atoms with van der Waals surface area (Å²) in [5.41, 5.74) is 0.468. The van der Waals surface area contributed by atoms with Crippen molar-refractivity contribution in [3.8, 4) is 5.88 Å². The first-order chi connectivity index (χ1) is 12.0. The largest absolute Gasteiger partial charge is 0.477 e. The molecule has 0 saturated carbocycles. The number of carbonyl (C=O) groups excluding carboxylic acids is 1. The summed E-state index contributed by atoms with van der Waals surface area (Å²) in [7, 11) is 0. The lowest BCUT2D eigenvalue weighted by molar-refractivity contribution is -0.0268. The third kappa shape index (κ3) is 4.14. The maximum absolute atomic E-state index is 12.9. The van der Waals surface area contributed by atoms with Crippen molar-refractivity contribution in [2.45, 2.75) is 26.9 Å². The van der Waals surface area contributed by atoms with E-state index in [1.807, 2.05) is 6.92 Å². The lowest BCUT2D eigenvalue weighted by Gasteiger charge is -2.31. The Bertz CT molecular complexity index is 731. The van der Waals surface area contributed by atoms with Crippen LogP contribution in [0.15, 0.2) is 18.3 Å². The van der Waals surface area contributed by atoms with Crippen molar-refractivity contribution in [2.24, 2.45) is 5.92 Å². The van der Waals surface area contributed by atoms with Gasteiger partial charge >= 0.3 is 0 Å². The lowest BCUT2D eigenvalue weighted by atomic mass is 10.2. The summed E-state index contributed by atoms with van der Waals surface area (Å²) in [6.07, 6.45) is 1.30. The van der Waals surface area contributed by atoms with Gasteiger partial charge in [0.15, 0.2) is 5.82 Å². The molecule has 1 aliphatic heterocycles. The minimum absolute atomic E-state index is 0.118. The number of nitrogens with one attached hydrogen (secondary N) is 1. The second-order valence-electron chi connectivity index (χ2n) is 6.45. The third-order valence-electron chi connectivity index (χ3n) is 3.81. The van der Waals surface area contributed by atoms with Crippen molar-refractivity contribution >= 4 is 5.91 Å². The predicted molar refractivity (Wildman–Crippen MR) is 90.3 cm³/mol. The number of H-pyrrole nitrogens is 1. The molecule has 0 radical (unpaired) electrons. The first-order valence-corrected chi connectivity index (χ1v) is 8.42. The van der Waals surface area contributed by atoms with Crippen molar-refractivity contribution in [3.63, 3.8) is 0 Å². The van der Waals surface area contributed by atoms with Crippen LogP contribution in [0.4, 0.5) is 0 Å². The van der Waals surface area contributed by atoms with Crippen LogP contribution in [0, 0.1) is 12.8 Å². The van der Waals surface area contributed by atoms with Gasteiger partial charge in [-0.2, -0.15) is 5.10 Å². The molecule has 1 fully saturated rings. The molecule has 8 heteroatoms. The van der Waals surface area contributed by atoms with Crippen LogP contribution in [-0.2, 0) is 4.74 Å². The molecule has 0 bridgehead atoms. The van der Waals surface area contributed by atoms with Gasteiger partial charge in [0.2, 0.25) is 5.88 Å². The van der Waals surface area contributed by atoms with Gasteiger partial charge in [0.25, 0.3) is 5.91 Å². The second-order valence-corrected chi connectivity index (χ2v) is 6.45. The lowest BCUT2D eigenvalue weighted by Crippen LogP contribution is -2.42. The van der Waals surface area contributed by atoms with Crippen LogP contribution in [0.3, 0.4) is 0 Å². The number of aryl methyl sites for hydroxylation is 1. The van der Waals surface area contributed by atoms with E-state index < -0.39 is 0 Å². The van der Waals surface area contributed by atoms with Gasteiger partial charge in [0.05, 0.1) is 19.8 Å². The van der Waals surface area contributed by atoms with Gasteiger partial charge in [-0.15, -0.1) is 0 Å². The zero-order valence-corrected chi connectivity index (χ0v) is 14.7. The number of aromatic nitrogens is 4. The van der Waals surface area contributed by atoms with E-state index in [1.54, 1.807) is 23.2 Å². The molecule has 3 rings (SSSR count). The van der Waals surface area contributed by atoms with Crippen molar-refractivity contribution in [2.75, 3.05) is 26.3 Å². The van der Waals surface area contributed by atoms with Crippen LogP contribution >= 0.6 is 0 Å². The van der Waals surface area contributed by atoms with E-state index in [4.69, 9.17) is 9.47 Å². The number of ether oxygens (including phenoxy) is 2. The predicted octanol–water partition coefficient (Wildman–Crippen LogP) is 1.76. The zero-order chi connectivity index (χ0) is 17.8. The fourth-order valence-electron chi connectivity index (χ4n) is 2.58. The first kappa shape index (κ1) is 17.3. The molecule has 1 amide bonds. The number of carbonyl (C=O) groups is 1. The Hall–Kier alpha value is -2.48. The smallest absolute Gasteiger partial charge is 0.259 e. The summed E-state index contributed by atoms with van der Waals surface area (Å²) < 4.78 is 11.4. The van der Waals surface area contributed by atoms with Crippen LogP contribution in [0.25, 0.3) is 0 Å². The molecule has 3 heterocycles. The normalized spacial score (nSPS) is 17.8. The summed E-state index contributed by atoms with van der Waals surface area (Å²) in [5.74, 6) is 1.90. The molecule has 1 aliphatic rings. The molecule has 1 unspecified atom stereocenters. The van der Waals surface area contributed by atoms with Crippen molar-refractivity contribution in [3.05, 3.63) is 35.5 Å². The fourth-order valence-corrected chi connectivity index (χ4v) is 2.58. The van der Waals surface area contributed by atoms with Crippen LogP contribution in [0.5, 0.6) is 5.88 Å². The van der Waals surface area contributed by atoms with E-state index in [9.17, 15) is 4.79 Å². The van der Waals surface area contributed by atoms with E-state index in [2.05, 4.69) is 34.0 Å². The van der Waals surface area contributed by atoms with Crippen molar-refractivity contribution < 1.29 is 14.3 Å². The number of amides is 1. The summed E-state index contributed by atoms with van der Waals surface area (Å²) in [4.78, 5) is 23.2. The van der Waals surface area contributed by atoms with Gasteiger partial charge < -0.3 is 14.4 Å². The highest BCUT2D eigenvalue weighted by Gasteiger charge is 2.30. The van der Waals surface area contributed by atoms with E-state index >= 15 is 0 Å². The summed E-state index contributed by atoms with van der Waals surface area (Å²) in [6, 6.07) is 3.48. The Balaban J connectivity index is 1.74. The average molecular weight is 345 g/mol. The van der Waals surface area contributed by atoms with E-state index in [0.29, 0.717) is 49.5 Å². The quantitative estimate of drug-likeness (QED) is 0.887. The first-order valence-electron chi connectivity index (χ1n) is 8.42. The fraction of sp³-hybridized carbons (Fsp3) is 0.529. The van der Waals surface area contributed by atoms with Gasteiger partial charge in [-0.25, -0.2) is 9.97 Å². The number of hydrogen-bond acceptors (Lipinski definition) is 6. The molecule has 0 aliphatic carbocycles. The van der Waals surface area contributed by atoms with Gasteiger partial charge in [0.1, 0.15) is 17.5 Å². The molecule has 0 spiro atoms. The van der Waals surface area contributed by atoms with Crippen LogP contribution in [0.2, 0.25) is 0 Å². The zero-order valence-electron chi connectivity index (χ0n) is 14.7. The van der Waals surface area contributed by atoms with Crippen LogP contribution in [0.1, 0.15) is 42.0 Å².